The molecule has 10 heteroatoms. The molecule has 4 heterocycles. The van der Waals surface area contributed by atoms with E-state index in [4.69, 9.17) is 4.74 Å². The Labute approximate surface area is 165 Å². The van der Waals surface area contributed by atoms with Gasteiger partial charge in [0.1, 0.15) is 5.82 Å². The highest BCUT2D eigenvalue weighted by Gasteiger charge is 2.15. The molecule has 0 amide bonds. The third-order valence-electron chi connectivity index (χ3n) is 4.64. The number of methoxy groups -OCH3 is 1. The van der Waals surface area contributed by atoms with Gasteiger partial charge in [-0.3, -0.25) is 0 Å². The second-order valence-electron chi connectivity index (χ2n) is 6.87. The number of hydrogen-bond donors (Lipinski definition) is 1. The van der Waals surface area contributed by atoms with Crippen LogP contribution in [0.2, 0.25) is 0 Å². The van der Waals surface area contributed by atoms with Gasteiger partial charge < -0.3 is 14.6 Å². The first-order valence-corrected chi connectivity index (χ1v) is 9.17. The van der Waals surface area contributed by atoms with E-state index in [2.05, 4.69) is 25.4 Å². The summed E-state index contributed by atoms with van der Waals surface area (Å²) in [7, 11) is 1.64. The van der Waals surface area contributed by atoms with Crippen LogP contribution in [-0.4, -0.2) is 55.3 Å². The normalized spacial score (nSPS) is 12.9. The molecular weight excluding hydrogens is 380 g/mol. The van der Waals surface area contributed by atoms with Crippen LogP contribution in [0.3, 0.4) is 0 Å². The Morgan fingerprint density at radius 2 is 2.03 bits per heavy atom. The first kappa shape index (κ1) is 19.2. The molecule has 0 spiro atoms. The highest BCUT2D eigenvalue weighted by molar-refractivity contribution is 5.85. The minimum Gasteiger partial charge on any atom is -0.383 e. The van der Waals surface area contributed by atoms with Gasteiger partial charge in [0.25, 0.3) is 6.43 Å². The Kier molecular flexibility index (Phi) is 5.10. The van der Waals surface area contributed by atoms with Crippen LogP contribution in [0, 0.1) is 6.92 Å². The number of nitrogens with one attached hydrogen (secondary N) is 1. The van der Waals surface area contributed by atoms with E-state index in [-0.39, 0.29) is 6.04 Å². The van der Waals surface area contributed by atoms with Crippen molar-refractivity contribution in [1.29, 1.82) is 0 Å². The maximum absolute atomic E-state index is 13.0. The van der Waals surface area contributed by atoms with E-state index in [0.717, 1.165) is 16.6 Å². The number of alkyl halides is 2. The highest BCUT2D eigenvalue weighted by atomic mass is 19.3. The largest absolute Gasteiger partial charge is 0.383 e. The number of imidazole rings is 1. The first-order chi connectivity index (χ1) is 14.0. The zero-order valence-corrected chi connectivity index (χ0v) is 16.3. The third-order valence-corrected chi connectivity index (χ3v) is 4.64. The molecule has 0 saturated heterocycles. The van der Waals surface area contributed by atoms with E-state index in [0.29, 0.717) is 29.5 Å². The quantitative estimate of drug-likeness (QED) is 0.512. The number of halogens is 2. The van der Waals surface area contributed by atoms with Crippen LogP contribution in [0.4, 0.5) is 14.7 Å². The van der Waals surface area contributed by atoms with Gasteiger partial charge in [-0.2, -0.15) is 0 Å². The van der Waals surface area contributed by atoms with E-state index in [1.807, 2.05) is 25.3 Å². The van der Waals surface area contributed by atoms with Crippen LogP contribution >= 0.6 is 0 Å². The maximum Gasteiger partial charge on any atom is 0.256 e. The number of hydrogen-bond acceptors (Lipinski definition) is 6. The van der Waals surface area contributed by atoms with Crippen molar-refractivity contribution in [2.45, 2.75) is 32.9 Å². The summed E-state index contributed by atoms with van der Waals surface area (Å²) in [6.07, 6.45) is 2.76. The SMILES string of the molecule is COC[C@@H](C)Nc1ncc2c(-c3cnc4nc(C)n(CC(F)F)c4c3)ccn2n1. The molecule has 8 nitrogen and oxygen atoms in total. The van der Waals surface area contributed by atoms with Crippen LogP contribution in [-0.2, 0) is 11.3 Å². The fourth-order valence-electron chi connectivity index (χ4n) is 3.36. The molecule has 0 aromatic carbocycles. The van der Waals surface area contributed by atoms with Gasteiger partial charge in [0.15, 0.2) is 5.65 Å². The topological polar surface area (TPSA) is 82.2 Å². The zero-order chi connectivity index (χ0) is 20.5. The number of aromatic nitrogens is 6. The van der Waals surface area contributed by atoms with E-state index < -0.39 is 13.0 Å². The van der Waals surface area contributed by atoms with E-state index in [9.17, 15) is 8.78 Å². The number of fused-ring (bicyclic) bond motifs is 2. The zero-order valence-electron chi connectivity index (χ0n) is 16.3. The summed E-state index contributed by atoms with van der Waals surface area (Å²) in [5.74, 6) is 0.999. The van der Waals surface area contributed by atoms with Crippen molar-refractivity contribution in [2.75, 3.05) is 19.0 Å². The van der Waals surface area contributed by atoms with Gasteiger partial charge >= 0.3 is 0 Å². The van der Waals surface area contributed by atoms with E-state index in [1.165, 1.54) is 4.57 Å². The van der Waals surface area contributed by atoms with E-state index >= 15 is 0 Å². The lowest BCUT2D eigenvalue weighted by atomic mass is 10.1. The predicted molar refractivity (Wildman–Crippen MR) is 105 cm³/mol. The Morgan fingerprint density at radius 3 is 2.79 bits per heavy atom. The fraction of sp³-hybridized carbons (Fsp3) is 0.368. The lowest BCUT2D eigenvalue weighted by Crippen LogP contribution is -2.22. The fourth-order valence-corrected chi connectivity index (χ4v) is 3.36. The lowest BCUT2D eigenvalue weighted by Gasteiger charge is -2.12. The monoisotopic (exact) mass is 401 g/mol. The highest BCUT2D eigenvalue weighted by Crippen LogP contribution is 2.28. The average molecular weight is 401 g/mol. The average Bonchev–Trinajstić information content (AvgIpc) is 3.22. The van der Waals surface area contributed by atoms with Gasteiger partial charge in [0.05, 0.1) is 30.4 Å². The van der Waals surface area contributed by atoms with Crippen molar-refractivity contribution in [3.05, 3.63) is 36.5 Å². The van der Waals surface area contributed by atoms with Gasteiger partial charge in [-0.25, -0.2) is 28.2 Å². The Hall–Kier alpha value is -3.14. The molecule has 0 aliphatic rings. The first-order valence-electron chi connectivity index (χ1n) is 9.17. The Bertz CT molecular complexity index is 1150. The summed E-state index contributed by atoms with van der Waals surface area (Å²) in [5, 5.41) is 7.64. The van der Waals surface area contributed by atoms with Gasteiger partial charge in [-0.05, 0) is 26.0 Å². The number of ether oxygens (including phenoxy) is 1. The van der Waals surface area contributed by atoms with Crippen molar-refractivity contribution in [1.82, 2.24) is 29.1 Å². The van der Waals surface area contributed by atoms with Gasteiger partial charge in [-0.15, -0.1) is 5.10 Å². The molecule has 29 heavy (non-hydrogen) atoms. The van der Waals surface area contributed by atoms with Gasteiger partial charge in [-0.1, -0.05) is 0 Å². The van der Waals surface area contributed by atoms with Crippen LogP contribution in [0.25, 0.3) is 27.8 Å². The van der Waals surface area contributed by atoms with Crippen molar-refractivity contribution in [3.63, 3.8) is 0 Å². The minimum atomic E-state index is -2.47. The third kappa shape index (κ3) is 3.75. The summed E-state index contributed by atoms with van der Waals surface area (Å²) < 4.78 is 34.2. The number of pyridine rings is 1. The Morgan fingerprint density at radius 1 is 1.21 bits per heavy atom. The summed E-state index contributed by atoms with van der Waals surface area (Å²) in [6, 6.07) is 3.79. The van der Waals surface area contributed by atoms with Crippen LogP contribution in [0.5, 0.6) is 0 Å². The molecule has 0 bridgehead atoms. The summed E-state index contributed by atoms with van der Waals surface area (Å²) in [4.78, 5) is 13.0. The summed E-state index contributed by atoms with van der Waals surface area (Å²) >= 11 is 0. The molecule has 0 aliphatic carbocycles. The number of rotatable bonds is 7. The van der Waals surface area contributed by atoms with E-state index in [1.54, 1.807) is 30.9 Å². The van der Waals surface area contributed by atoms with Crippen molar-refractivity contribution in [2.24, 2.45) is 0 Å². The minimum absolute atomic E-state index is 0.0671. The molecule has 4 aromatic rings. The molecule has 0 aliphatic heterocycles. The standard InChI is InChI=1S/C19H21F2N7O/c1-11(10-29-3)24-19-23-8-16-14(4-5-28(16)26-19)13-6-15-18(22-7-13)25-12(2)27(15)9-17(20)21/h4-8,11,17H,9-10H2,1-3H3,(H,24,26)/t11-/m1/s1. The van der Waals surface area contributed by atoms with Gasteiger partial charge in [0.2, 0.25) is 5.95 Å². The Balaban J connectivity index is 1.71. The number of nitrogens with zero attached hydrogens (tertiary/aromatic N) is 6. The molecule has 0 saturated carbocycles. The molecule has 4 rings (SSSR count). The predicted octanol–water partition coefficient (Wildman–Crippen LogP) is 3.16. The van der Waals surface area contributed by atoms with Crippen molar-refractivity contribution < 1.29 is 13.5 Å². The van der Waals surface area contributed by atoms with Crippen molar-refractivity contribution >= 4 is 22.6 Å². The van der Waals surface area contributed by atoms with Crippen LogP contribution in [0.15, 0.2) is 30.7 Å². The van der Waals surface area contributed by atoms with Gasteiger partial charge in [0, 0.05) is 36.7 Å². The summed E-state index contributed by atoms with van der Waals surface area (Å²) in [5.41, 5.74) is 3.45. The smallest absolute Gasteiger partial charge is 0.256 e. The van der Waals surface area contributed by atoms with Crippen molar-refractivity contribution in [3.8, 4) is 11.1 Å². The number of anilines is 1. The molecule has 0 radical (unpaired) electrons. The molecule has 1 atom stereocenters. The summed E-state index contributed by atoms with van der Waals surface area (Å²) in [6.45, 7) is 3.80. The molecule has 4 aromatic heterocycles. The second-order valence-corrected chi connectivity index (χ2v) is 6.87. The van der Waals surface area contributed by atoms with Crippen LogP contribution < -0.4 is 5.32 Å². The molecule has 152 valence electrons. The second kappa shape index (κ2) is 7.70. The molecule has 0 unspecified atom stereocenters. The molecule has 0 fully saturated rings. The van der Waals surface area contributed by atoms with Crippen LogP contribution in [0.1, 0.15) is 12.7 Å². The lowest BCUT2D eigenvalue weighted by molar-refractivity contribution is 0.127. The molecular formula is C19H21F2N7O. The number of aryl methyl sites for hydroxylation is 1. The maximum atomic E-state index is 13.0. The molecule has 1 N–H and O–H groups in total.